The molecule has 1 saturated heterocycles. The van der Waals surface area contributed by atoms with Gasteiger partial charge in [0, 0.05) is 0 Å². The number of oxime groups is 1. The van der Waals surface area contributed by atoms with Gasteiger partial charge < -0.3 is 5.21 Å². The van der Waals surface area contributed by atoms with E-state index in [1.807, 2.05) is 0 Å². The monoisotopic (exact) mass is 298 g/mol. The van der Waals surface area contributed by atoms with Crippen LogP contribution in [-0.2, 0) is 0 Å². The molecule has 0 amide bonds. The summed E-state index contributed by atoms with van der Waals surface area (Å²) < 4.78 is 0. The molecule has 1 N–H and O–H groups in total. The van der Waals surface area contributed by atoms with E-state index in [1.54, 1.807) is 0 Å². The zero-order valence-corrected chi connectivity index (χ0v) is 13.2. The van der Waals surface area contributed by atoms with Crippen LogP contribution in [0.5, 0.6) is 0 Å². The largest absolute Gasteiger partial charge is 0.411 e. The van der Waals surface area contributed by atoms with Crippen LogP contribution in [0.15, 0.2) is 47.6 Å². The molecule has 3 heteroatoms. The Hall–Kier alpha value is -1.61. The summed E-state index contributed by atoms with van der Waals surface area (Å²) >= 11 is 0. The summed E-state index contributed by atoms with van der Waals surface area (Å²) in [6.45, 7) is 2.21. The number of nitrogens with zero attached hydrogens (tertiary/aromatic N) is 2. The molecule has 0 radical (unpaired) electrons. The Kier molecular flexibility index (Phi) is 5.28. The number of rotatable bonds is 2. The van der Waals surface area contributed by atoms with Gasteiger partial charge in [-0.2, -0.15) is 0 Å². The first-order chi connectivity index (χ1) is 10.9. The first kappa shape index (κ1) is 15.3. The van der Waals surface area contributed by atoms with E-state index in [4.69, 9.17) is 0 Å². The quantitative estimate of drug-likeness (QED) is 0.505. The number of hydrogen-bond acceptors (Lipinski definition) is 3. The van der Waals surface area contributed by atoms with Gasteiger partial charge in [-0.25, -0.2) is 0 Å². The molecule has 0 unspecified atom stereocenters. The Morgan fingerprint density at radius 2 is 1.68 bits per heavy atom. The Morgan fingerprint density at radius 1 is 0.955 bits per heavy atom. The van der Waals surface area contributed by atoms with E-state index in [1.165, 1.54) is 18.4 Å². The summed E-state index contributed by atoms with van der Waals surface area (Å²) in [6.07, 6.45) is 10.9. The molecule has 1 aliphatic carbocycles. The number of benzene rings is 1. The van der Waals surface area contributed by atoms with Gasteiger partial charge in [-0.15, -0.1) is 0 Å². The fourth-order valence-corrected chi connectivity index (χ4v) is 3.83. The third-order valence-corrected chi connectivity index (χ3v) is 5.09. The van der Waals surface area contributed by atoms with Crippen molar-refractivity contribution in [1.82, 2.24) is 4.90 Å². The highest BCUT2D eigenvalue weighted by atomic mass is 16.4. The predicted octanol–water partition coefficient (Wildman–Crippen LogP) is 4.20. The molecule has 0 spiro atoms. The maximum atomic E-state index is 9.38. The van der Waals surface area contributed by atoms with Gasteiger partial charge in [0.1, 0.15) is 0 Å². The molecule has 2 aliphatic rings. The van der Waals surface area contributed by atoms with Crippen molar-refractivity contribution in [3.05, 3.63) is 48.0 Å². The smallest absolute Gasteiger partial charge is 0.0745 e. The van der Waals surface area contributed by atoms with Crippen LogP contribution in [0.2, 0.25) is 0 Å². The zero-order valence-electron chi connectivity index (χ0n) is 13.2. The molecule has 1 fully saturated rings. The molecular weight excluding hydrogens is 272 g/mol. The van der Waals surface area contributed by atoms with E-state index in [-0.39, 0.29) is 0 Å². The maximum Gasteiger partial charge on any atom is 0.0745 e. The normalized spacial score (nSPS) is 26.7. The average molecular weight is 298 g/mol. The molecule has 3 nitrogen and oxygen atoms in total. The summed E-state index contributed by atoms with van der Waals surface area (Å²) in [5, 5.41) is 13.0. The van der Waals surface area contributed by atoms with Crippen molar-refractivity contribution in [2.75, 3.05) is 13.1 Å². The first-order valence-electron chi connectivity index (χ1n) is 8.53. The van der Waals surface area contributed by atoms with Gasteiger partial charge in [-0.05, 0) is 63.1 Å². The summed E-state index contributed by atoms with van der Waals surface area (Å²) in [6, 6.07) is 11.2. The van der Waals surface area contributed by atoms with E-state index in [0.29, 0.717) is 12.0 Å². The number of piperidine rings is 1. The summed E-state index contributed by atoms with van der Waals surface area (Å²) in [5.41, 5.74) is 2.45. The van der Waals surface area contributed by atoms with Crippen LogP contribution in [0.25, 0.3) is 0 Å². The molecular formula is C19H26N2O. The van der Waals surface area contributed by atoms with Crippen LogP contribution >= 0.6 is 0 Å². The lowest BCUT2D eigenvalue weighted by Gasteiger charge is -2.38. The van der Waals surface area contributed by atoms with Crippen LogP contribution < -0.4 is 0 Å². The SMILES string of the molecule is O/N=C1\CCC=CCC[C@H]1N1CCC(c2ccccc2)CC1. The average Bonchev–Trinajstić information content (AvgIpc) is 2.56. The van der Waals surface area contributed by atoms with Gasteiger partial charge in [-0.1, -0.05) is 47.6 Å². The Morgan fingerprint density at radius 3 is 2.41 bits per heavy atom. The van der Waals surface area contributed by atoms with Crippen molar-refractivity contribution in [3.63, 3.8) is 0 Å². The van der Waals surface area contributed by atoms with Crippen molar-refractivity contribution < 1.29 is 5.21 Å². The fourth-order valence-electron chi connectivity index (χ4n) is 3.83. The summed E-state index contributed by atoms with van der Waals surface area (Å²) in [5.74, 6) is 0.681. The molecule has 0 bridgehead atoms. The second-order valence-corrected chi connectivity index (χ2v) is 6.42. The summed E-state index contributed by atoms with van der Waals surface area (Å²) in [4.78, 5) is 2.54. The molecule has 0 aromatic heterocycles. The molecule has 1 atom stereocenters. The van der Waals surface area contributed by atoms with E-state index in [2.05, 4.69) is 52.5 Å². The topological polar surface area (TPSA) is 35.8 Å². The highest BCUT2D eigenvalue weighted by Gasteiger charge is 2.28. The van der Waals surface area contributed by atoms with Gasteiger partial charge in [0.2, 0.25) is 0 Å². The number of likely N-dealkylation sites (tertiary alicyclic amines) is 1. The number of allylic oxidation sites excluding steroid dienone is 2. The van der Waals surface area contributed by atoms with Crippen molar-refractivity contribution in [1.29, 1.82) is 0 Å². The van der Waals surface area contributed by atoms with Crippen molar-refractivity contribution in [2.45, 2.75) is 50.5 Å². The van der Waals surface area contributed by atoms with E-state index in [0.717, 1.165) is 44.5 Å². The molecule has 3 rings (SSSR count). The molecule has 1 heterocycles. The Balaban J connectivity index is 1.63. The Bertz CT molecular complexity index is 515. The molecule has 1 aliphatic heterocycles. The number of hydrogen-bond donors (Lipinski definition) is 1. The van der Waals surface area contributed by atoms with Crippen LogP contribution in [-0.4, -0.2) is 35.0 Å². The van der Waals surface area contributed by atoms with Gasteiger partial charge in [0.05, 0.1) is 11.8 Å². The van der Waals surface area contributed by atoms with E-state index >= 15 is 0 Å². The highest BCUT2D eigenvalue weighted by molar-refractivity contribution is 5.89. The molecule has 0 saturated carbocycles. The van der Waals surface area contributed by atoms with E-state index < -0.39 is 0 Å². The minimum absolute atomic E-state index is 0.326. The maximum absolute atomic E-state index is 9.38. The summed E-state index contributed by atoms with van der Waals surface area (Å²) in [7, 11) is 0. The molecule has 118 valence electrons. The van der Waals surface area contributed by atoms with Gasteiger partial charge >= 0.3 is 0 Å². The first-order valence-corrected chi connectivity index (χ1v) is 8.53. The third kappa shape index (κ3) is 3.58. The molecule has 22 heavy (non-hydrogen) atoms. The fraction of sp³-hybridized carbons (Fsp3) is 0.526. The van der Waals surface area contributed by atoms with Crippen LogP contribution in [0.1, 0.15) is 50.0 Å². The lowest BCUT2D eigenvalue weighted by atomic mass is 9.87. The van der Waals surface area contributed by atoms with E-state index in [9.17, 15) is 5.21 Å². The van der Waals surface area contributed by atoms with Crippen LogP contribution in [0.4, 0.5) is 0 Å². The van der Waals surface area contributed by atoms with Gasteiger partial charge in [0.15, 0.2) is 0 Å². The standard InChI is InChI=1S/C19H26N2O/c22-20-18-10-6-1-2-7-11-19(18)21-14-12-17(13-15-21)16-8-4-3-5-9-16/h1-5,8-9,17,19,22H,6-7,10-15H2/b2-1?,20-18+/t19-/m1/s1. The zero-order chi connectivity index (χ0) is 15.2. The van der Waals surface area contributed by atoms with Crippen LogP contribution in [0.3, 0.4) is 0 Å². The van der Waals surface area contributed by atoms with Gasteiger partial charge in [-0.3, -0.25) is 4.90 Å². The third-order valence-electron chi connectivity index (χ3n) is 5.09. The predicted molar refractivity (Wildman–Crippen MR) is 90.6 cm³/mol. The van der Waals surface area contributed by atoms with Gasteiger partial charge in [0.25, 0.3) is 0 Å². The van der Waals surface area contributed by atoms with Crippen molar-refractivity contribution >= 4 is 5.71 Å². The second kappa shape index (κ2) is 7.59. The lowest BCUT2D eigenvalue weighted by Crippen LogP contribution is -2.45. The Labute approximate surface area is 133 Å². The molecule has 1 aromatic rings. The molecule has 1 aromatic carbocycles. The minimum atomic E-state index is 0.326. The van der Waals surface area contributed by atoms with Crippen molar-refractivity contribution in [2.24, 2.45) is 5.16 Å². The second-order valence-electron chi connectivity index (χ2n) is 6.42. The highest BCUT2D eigenvalue weighted by Crippen LogP contribution is 2.30. The lowest BCUT2D eigenvalue weighted by molar-refractivity contribution is 0.176. The minimum Gasteiger partial charge on any atom is -0.411 e. The van der Waals surface area contributed by atoms with Crippen LogP contribution in [0, 0.1) is 0 Å². The van der Waals surface area contributed by atoms with Crippen molar-refractivity contribution in [3.8, 4) is 0 Å².